The molecule has 0 amide bonds. The van der Waals surface area contributed by atoms with Crippen LogP contribution in [-0.2, 0) is 5.41 Å². The second-order valence-electron chi connectivity index (χ2n) is 7.95. The van der Waals surface area contributed by atoms with Gasteiger partial charge in [0.1, 0.15) is 0 Å². The minimum atomic E-state index is -0.443. The van der Waals surface area contributed by atoms with Gasteiger partial charge in [0.25, 0.3) is 0 Å². The summed E-state index contributed by atoms with van der Waals surface area (Å²) in [6.45, 7) is 16.7. The minimum Gasteiger partial charge on any atom is -0.0991 e. The lowest BCUT2D eigenvalue weighted by molar-refractivity contribution is 0.752. The van der Waals surface area contributed by atoms with Gasteiger partial charge < -0.3 is 0 Å². The van der Waals surface area contributed by atoms with E-state index in [9.17, 15) is 0 Å². The van der Waals surface area contributed by atoms with Crippen molar-refractivity contribution in [2.75, 3.05) is 0 Å². The molecule has 2 aliphatic rings. The molecule has 2 aliphatic carbocycles. The molecular formula is C31H32Br2. The molecule has 2 aromatic rings. The van der Waals surface area contributed by atoms with Crippen molar-refractivity contribution in [1.82, 2.24) is 0 Å². The molecule has 33 heavy (non-hydrogen) atoms. The number of allylic oxidation sites excluding steroid dienone is 10. The zero-order valence-corrected chi connectivity index (χ0v) is 23.1. The molecule has 170 valence electrons. The van der Waals surface area contributed by atoms with Gasteiger partial charge in [-0.1, -0.05) is 144 Å². The minimum absolute atomic E-state index is 0.144. The number of alkyl halides is 2. The lowest BCUT2D eigenvalue weighted by atomic mass is 9.65. The van der Waals surface area contributed by atoms with E-state index in [0.29, 0.717) is 0 Å². The summed E-state index contributed by atoms with van der Waals surface area (Å²) in [5.41, 5.74) is 9.53. The van der Waals surface area contributed by atoms with E-state index in [1.165, 1.54) is 39.0 Å². The largest absolute Gasteiger partial charge is 0.0991 e. The molecule has 2 heteroatoms. The lowest BCUT2D eigenvalue weighted by Gasteiger charge is -2.36. The number of halogens is 2. The Balaban J connectivity index is 0.00000149. The Kier molecular flexibility index (Phi) is 8.37. The van der Waals surface area contributed by atoms with Gasteiger partial charge in [-0.15, -0.1) is 0 Å². The first kappa shape index (κ1) is 25.5. The van der Waals surface area contributed by atoms with Gasteiger partial charge in [0.05, 0.1) is 15.1 Å². The quantitative estimate of drug-likeness (QED) is 0.257. The lowest BCUT2D eigenvalue weighted by Crippen LogP contribution is -2.31. The molecule has 0 aliphatic heterocycles. The Morgan fingerprint density at radius 1 is 0.879 bits per heavy atom. The average Bonchev–Trinajstić information content (AvgIpc) is 3.03. The van der Waals surface area contributed by atoms with E-state index in [1.54, 1.807) is 0 Å². The number of fused-ring (bicyclic) bond motifs is 4. The van der Waals surface area contributed by atoms with E-state index in [2.05, 4.69) is 132 Å². The first-order chi connectivity index (χ1) is 16.0. The Labute approximate surface area is 216 Å². The highest BCUT2D eigenvalue weighted by molar-refractivity contribution is 9.12. The highest BCUT2D eigenvalue weighted by Gasteiger charge is 2.51. The van der Waals surface area contributed by atoms with Gasteiger partial charge in [0.2, 0.25) is 0 Å². The van der Waals surface area contributed by atoms with Gasteiger partial charge >= 0.3 is 0 Å². The van der Waals surface area contributed by atoms with Crippen molar-refractivity contribution in [3.05, 3.63) is 143 Å². The van der Waals surface area contributed by atoms with Crippen molar-refractivity contribution >= 4 is 31.9 Å². The van der Waals surface area contributed by atoms with Crippen LogP contribution in [0.25, 0.3) is 0 Å². The number of hydrogen-bond acceptors (Lipinski definition) is 0. The molecule has 2 unspecified atom stereocenters. The summed E-state index contributed by atoms with van der Waals surface area (Å²) >= 11 is 8.05. The third-order valence-corrected chi connectivity index (χ3v) is 9.18. The standard InChI is InChI=1S/C29H26Br2.C2H6/c1-5-7-15-23-19(3)20(4)24(16-8-6-2)29(23)25-17-11-9-13-21(25)27(30)28(31)22-14-10-12-18-26(22)29;1-2/h5-18,27-28H,1,4H2,2-3H3;1-2H3/b8-6-,15-7-,24-16+;. The Bertz CT molecular complexity index is 1120. The Morgan fingerprint density at radius 3 is 1.88 bits per heavy atom. The maximum atomic E-state index is 4.55. The second-order valence-corrected chi connectivity index (χ2v) is 9.92. The van der Waals surface area contributed by atoms with Crippen molar-refractivity contribution < 1.29 is 0 Å². The van der Waals surface area contributed by atoms with Crippen LogP contribution in [0, 0.1) is 0 Å². The first-order valence-corrected chi connectivity index (χ1v) is 13.3. The number of rotatable bonds is 3. The molecule has 0 radical (unpaired) electrons. The fraction of sp³-hybridized carbons (Fsp3) is 0.226. The average molecular weight is 564 g/mol. The molecule has 0 saturated carbocycles. The van der Waals surface area contributed by atoms with Crippen LogP contribution in [0.4, 0.5) is 0 Å². The summed E-state index contributed by atoms with van der Waals surface area (Å²) in [7, 11) is 0. The zero-order valence-electron chi connectivity index (χ0n) is 19.9. The second kappa shape index (κ2) is 10.8. The summed E-state index contributed by atoms with van der Waals surface area (Å²) < 4.78 is 0. The third-order valence-electron chi connectivity index (χ3n) is 6.42. The fourth-order valence-electron chi connectivity index (χ4n) is 5.05. The van der Waals surface area contributed by atoms with E-state index < -0.39 is 5.41 Å². The summed E-state index contributed by atoms with van der Waals surface area (Å²) in [6, 6.07) is 17.6. The van der Waals surface area contributed by atoms with Crippen LogP contribution >= 0.6 is 31.9 Å². The molecule has 4 rings (SSSR count). The van der Waals surface area contributed by atoms with Crippen LogP contribution in [0.2, 0.25) is 0 Å². The summed E-state index contributed by atoms with van der Waals surface area (Å²) in [5.74, 6) is 0. The van der Waals surface area contributed by atoms with E-state index in [4.69, 9.17) is 0 Å². The third kappa shape index (κ3) is 4.02. The van der Waals surface area contributed by atoms with E-state index in [1.807, 2.05) is 26.0 Å². The van der Waals surface area contributed by atoms with Crippen LogP contribution in [0.5, 0.6) is 0 Å². The van der Waals surface area contributed by atoms with E-state index in [-0.39, 0.29) is 9.65 Å². The van der Waals surface area contributed by atoms with Crippen LogP contribution in [0.15, 0.2) is 120 Å². The maximum Gasteiger partial charge on any atom is 0.0716 e. The number of benzene rings is 2. The Morgan fingerprint density at radius 2 is 1.39 bits per heavy atom. The van der Waals surface area contributed by atoms with Gasteiger partial charge in [-0.25, -0.2) is 0 Å². The van der Waals surface area contributed by atoms with Crippen molar-refractivity contribution in [3.63, 3.8) is 0 Å². The zero-order chi connectivity index (χ0) is 24.2. The molecule has 0 aromatic heterocycles. The highest BCUT2D eigenvalue weighted by atomic mass is 79.9. The summed E-state index contributed by atoms with van der Waals surface area (Å²) in [4.78, 5) is 0.289. The van der Waals surface area contributed by atoms with E-state index >= 15 is 0 Å². The predicted octanol–water partition coefficient (Wildman–Crippen LogP) is 10.0. The monoisotopic (exact) mass is 562 g/mol. The van der Waals surface area contributed by atoms with Gasteiger partial charge in [-0.3, -0.25) is 0 Å². The first-order valence-electron chi connectivity index (χ1n) is 11.5. The predicted molar refractivity (Wildman–Crippen MR) is 152 cm³/mol. The van der Waals surface area contributed by atoms with Crippen LogP contribution in [0.3, 0.4) is 0 Å². The Hall–Kier alpha value is -2.16. The smallest absolute Gasteiger partial charge is 0.0716 e. The number of hydrogen-bond donors (Lipinski definition) is 0. The van der Waals surface area contributed by atoms with Crippen LogP contribution in [-0.4, -0.2) is 0 Å². The molecular weight excluding hydrogens is 532 g/mol. The van der Waals surface area contributed by atoms with Gasteiger partial charge in [0.15, 0.2) is 0 Å². The molecule has 0 saturated heterocycles. The van der Waals surface area contributed by atoms with Crippen molar-refractivity contribution in [2.24, 2.45) is 0 Å². The molecule has 1 spiro atoms. The van der Waals surface area contributed by atoms with Crippen molar-refractivity contribution in [1.29, 1.82) is 0 Å². The fourth-order valence-corrected chi connectivity index (χ4v) is 6.42. The maximum absolute atomic E-state index is 4.55. The summed E-state index contributed by atoms with van der Waals surface area (Å²) in [5, 5.41) is 0. The van der Waals surface area contributed by atoms with Crippen LogP contribution < -0.4 is 0 Å². The summed E-state index contributed by atoms with van der Waals surface area (Å²) in [6.07, 6.45) is 12.6. The highest BCUT2D eigenvalue weighted by Crippen LogP contribution is 2.62. The molecule has 0 heterocycles. The normalized spacial score (nSPS) is 25.3. The molecule has 0 bridgehead atoms. The molecule has 2 aromatic carbocycles. The SMILES string of the molecule is C=C/C=C\C1=C(C)C(=C)/C(=C\C=C/C)C12c1ccccc1C(Br)C(Br)c1ccccc12.CC. The molecule has 0 N–H and O–H groups in total. The molecule has 0 nitrogen and oxygen atoms in total. The van der Waals surface area contributed by atoms with Gasteiger partial charge in [0, 0.05) is 0 Å². The van der Waals surface area contributed by atoms with Crippen LogP contribution in [0.1, 0.15) is 59.6 Å². The molecule has 2 atom stereocenters. The molecule has 0 fully saturated rings. The van der Waals surface area contributed by atoms with Gasteiger partial charge in [-0.05, 0) is 58.4 Å². The van der Waals surface area contributed by atoms with Crippen molar-refractivity contribution in [3.8, 4) is 0 Å². The van der Waals surface area contributed by atoms with E-state index in [0.717, 1.165) is 5.57 Å². The van der Waals surface area contributed by atoms with Gasteiger partial charge in [-0.2, -0.15) is 0 Å². The van der Waals surface area contributed by atoms with Crippen molar-refractivity contribution in [2.45, 2.75) is 42.8 Å². The topological polar surface area (TPSA) is 0 Å².